The molecule has 0 fully saturated rings. The zero-order chi connectivity index (χ0) is 20.1. The van der Waals surface area contributed by atoms with Crippen LogP contribution in [0.5, 0.6) is 5.75 Å². The van der Waals surface area contributed by atoms with Gasteiger partial charge in [0.15, 0.2) is 9.84 Å². The molecule has 148 valence electrons. The van der Waals surface area contributed by atoms with E-state index in [1.165, 1.54) is 17.8 Å². The summed E-state index contributed by atoms with van der Waals surface area (Å²) < 4.78 is 30.5. The van der Waals surface area contributed by atoms with Gasteiger partial charge in [-0.3, -0.25) is 9.59 Å². The van der Waals surface area contributed by atoms with Gasteiger partial charge in [0.2, 0.25) is 11.8 Å². The van der Waals surface area contributed by atoms with E-state index < -0.39 is 9.84 Å². The highest BCUT2D eigenvalue weighted by Crippen LogP contribution is 2.33. The van der Waals surface area contributed by atoms with Crippen molar-refractivity contribution in [1.82, 2.24) is 0 Å². The second-order valence-corrected chi connectivity index (χ2v) is 9.20. The van der Waals surface area contributed by atoms with Crippen molar-refractivity contribution in [2.24, 2.45) is 0 Å². The van der Waals surface area contributed by atoms with Crippen molar-refractivity contribution in [1.29, 1.82) is 0 Å². The number of hydrogen-bond donors (Lipinski definition) is 2. The minimum absolute atomic E-state index is 0.112. The summed E-state index contributed by atoms with van der Waals surface area (Å²) >= 11 is 1.29. The van der Waals surface area contributed by atoms with E-state index >= 15 is 0 Å². The van der Waals surface area contributed by atoms with Gasteiger partial charge in [-0.1, -0.05) is 0 Å². The van der Waals surface area contributed by atoms with Crippen LogP contribution in [0.2, 0.25) is 0 Å². The first kappa shape index (κ1) is 20.2. The van der Waals surface area contributed by atoms with Crippen molar-refractivity contribution in [2.45, 2.75) is 23.1 Å². The molecule has 1 heterocycles. The maximum absolute atomic E-state index is 12.6. The van der Waals surface area contributed by atoms with Gasteiger partial charge >= 0.3 is 0 Å². The summed E-state index contributed by atoms with van der Waals surface area (Å²) in [7, 11) is -3.62. The molecule has 3 rings (SSSR count). The number of amides is 2. The highest BCUT2D eigenvalue weighted by atomic mass is 32.2. The van der Waals surface area contributed by atoms with Crippen molar-refractivity contribution in [2.75, 3.05) is 28.7 Å². The zero-order valence-corrected chi connectivity index (χ0v) is 16.9. The minimum atomic E-state index is -3.62. The Balaban J connectivity index is 1.60. The molecule has 2 aromatic carbocycles. The third kappa shape index (κ3) is 5.05. The third-order valence-corrected chi connectivity index (χ3v) is 6.76. The highest BCUT2D eigenvalue weighted by Gasteiger charge is 2.21. The molecule has 0 bridgehead atoms. The monoisotopic (exact) mass is 420 g/mol. The van der Waals surface area contributed by atoms with Crippen LogP contribution in [0.25, 0.3) is 0 Å². The van der Waals surface area contributed by atoms with Crippen LogP contribution in [0, 0.1) is 0 Å². The number of hydrogen-bond acceptors (Lipinski definition) is 6. The molecule has 2 aromatic rings. The van der Waals surface area contributed by atoms with Gasteiger partial charge in [-0.15, -0.1) is 11.8 Å². The van der Waals surface area contributed by atoms with Gasteiger partial charge < -0.3 is 15.4 Å². The maximum atomic E-state index is 12.6. The first-order valence-corrected chi connectivity index (χ1v) is 11.3. The SMILES string of the molecule is CCOc1ccc(NC(=O)CCS(=O)(=O)c2ccc3c(c2)SCC(=O)N3)cc1. The van der Waals surface area contributed by atoms with Crippen LogP contribution in [-0.4, -0.2) is 38.3 Å². The number of carbonyl (C=O) groups excluding carboxylic acids is 2. The lowest BCUT2D eigenvalue weighted by molar-refractivity contribution is -0.116. The Morgan fingerprint density at radius 3 is 2.68 bits per heavy atom. The Kier molecular flexibility index (Phi) is 6.25. The van der Waals surface area contributed by atoms with Crippen LogP contribution >= 0.6 is 11.8 Å². The standard InChI is InChI=1S/C19H20N2O5S2/c1-2-26-14-5-3-13(4-6-14)20-18(22)9-10-28(24,25)15-7-8-16-17(11-15)27-12-19(23)21-16/h3-8,11H,2,9-10,12H2,1H3,(H,20,22)(H,21,23). The summed E-state index contributed by atoms with van der Waals surface area (Å²) in [6.07, 6.45) is -0.156. The van der Waals surface area contributed by atoms with E-state index in [9.17, 15) is 18.0 Å². The van der Waals surface area contributed by atoms with E-state index in [-0.39, 0.29) is 34.6 Å². The van der Waals surface area contributed by atoms with Gasteiger partial charge in [0.1, 0.15) is 5.75 Å². The molecule has 0 saturated carbocycles. The number of anilines is 2. The van der Waals surface area contributed by atoms with E-state index in [0.29, 0.717) is 28.6 Å². The molecule has 7 nitrogen and oxygen atoms in total. The maximum Gasteiger partial charge on any atom is 0.234 e. The van der Waals surface area contributed by atoms with E-state index in [1.54, 1.807) is 36.4 Å². The van der Waals surface area contributed by atoms with Crippen LogP contribution in [-0.2, 0) is 19.4 Å². The molecule has 0 aliphatic carbocycles. The van der Waals surface area contributed by atoms with Crippen LogP contribution in [0.1, 0.15) is 13.3 Å². The van der Waals surface area contributed by atoms with E-state index in [1.807, 2.05) is 6.92 Å². The van der Waals surface area contributed by atoms with Crippen molar-refractivity contribution in [3.8, 4) is 5.75 Å². The fourth-order valence-electron chi connectivity index (χ4n) is 2.62. The normalized spacial score (nSPS) is 13.4. The summed E-state index contributed by atoms with van der Waals surface area (Å²) in [5.41, 5.74) is 1.18. The summed E-state index contributed by atoms with van der Waals surface area (Å²) in [6.45, 7) is 2.44. The summed E-state index contributed by atoms with van der Waals surface area (Å²) in [4.78, 5) is 24.3. The molecule has 2 N–H and O–H groups in total. The van der Waals surface area contributed by atoms with Crippen molar-refractivity contribution >= 4 is 44.8 Å². The molecule has 0 atom stereocenters. The zero-order valence-electron chi connectivity index (χ0n) is 15.2. The highest BCUT2D eigenvalue weighted by molar-refractivity contribution is 8.00. The van der Waals surface area contributed by atoms with E-state index in [2.05, 4.69) is 10.6 Å². The van der Waals surface area contributed by atoms with E-state index in [0.717, 1.165) is 0 Å². The molecule has 0 saturated heterocycles. The number of benzene rings is 2. The topological polar surface area (TPSA) is 102 Å². The van der Waals surface area contributed by atoms with Crippen molar-refractivity contribution in [3.05, 3.63) is 42.5 Å². The Bertz CT molecular complexity index is 988. The average Bonchev–Trinajstić information content (AvgIpc) is 2.68. The Morgan fingerprint density at radius 2 is 1.96 bits per heavy atom. The van der Waals surface area contributed by atoms with Crippen molar-refractivity contribution < 1.29 is 22.7 Å². The third-order valence-electron chi connectivity index (χ3n) is 3.99. The Hall–Kier alpha value is -2.52. The van der Waals surface area contributed by atoms with Crippen LogP contribution in [0.4, 0.5) is 11.4 Å². The van der Waals surface area contributed by atoms with E-state index in [4.69, 9.17) is 4.74 Å². The lowest BCUT2D eigenvalue weighted by Gasteiger charge is -2.17. The Morgan fingerprint density at radius 1 is 1.21 bits per heavy atom. The largest absolute Gasteiger partial charge is 0.494 e. The summed E-state index contributed by atoms with van der Waals surface area (Å²) in [5.74, 6) is 0.156. The number of thioether (sulfide) groups is 1. The van der Waals surface area contributed by atoms with Gasteiger partial charge in [-0.25, -0.2) is 8.42 Å². The molecule has 2 amide bonds. The molecule has 1 aliphatic heterocycles. The fraction of sp³-hybridized carbons (Fsp3) is 0.263. The number of carbonyl (C=O) groups is 2. The quantitative estimate of drug-likeness (QED) is 0.714. The molecular weight excluding hydrogens is 400 g/mol. The number of rotatable bonds is 7. The van der Waals surface area contributed by atoms with Gasteiger partial charge in [0, 0.05) is 17.0 Å². The molecule has 9 heteroatoms. The predicted octanol–water partition coefficient (Wildman–Crippen LogP) is 2.93. The molecule has 0 spiro atoms. The summed E-state index contributed by atoms with van der Waals surface area (Å²) in [5, 5.41) is 5.38. The number of sulfone groups is 1. The molecule has 0 aromatic heterocycles. The smallest absolute Gasteiger partial charge is 0.234 e. The first-order valence-electron chi connectivity index (χ1n) is 8.69. The minimum Gasteiger partial charge on any atom is -0.494 e. The van der Waals surface area contributed by atoms with Gasteiger partial charge in [0.25, 0.3) is 0 Å². The van der Waals surface area contributed by atoms with Crippen LogP contribution in [0.3, 0.4) is 0 Å². The lowest BCUT2D eigenvalue weighted by Crippen LogP contribution is -2.20. The summed E-state index contributed by atoms with van der Waals surface area (Å²) in [6, 6.07) is 11.4. The number of ether oxygens (including phenoxy) is 1. The van der Waals surface area contributed by atoms with Gasteiger partial charge in [-0.2, -0.15) is 0 Å². The molecule has 1 aliphatic rings. The molecular formula is C19H20N2O5S2. The average molecular weight is 421 g/mol. The first-order chi connectivity index (χ1) is 13.4. The van der Waals surface area contributed by atoms with Gasteiger partial charge in [-0.05, 0) is 49.4 Å². The molecule has 0 radical (unpaired) electrons. The van der Waals surface area contributed by atoms with Crippen LogP contribution in [0.15, 0.2) is 52.3 Å². The second kappa shape index (κ2) is 8.66. The number of nitrogens with one attached hydrogen (secondary N) is 2. The number of fused-ring (bicyclic) bond motifs is 1. The lowest BCUT2D eigenvalue weighted by atomic mass is 10.3. The molecule has 0 unspecified atom stereocenters. The van der Waals surface area contributed by atoms with Crippen molar-refractivity contribution in [3.63, 3.8) is 0 Å². The molecule has 28 heavy (non-hydrogen) atoms. The van der Waals surface area contributed by atoms with Crippen LogP contribution < -0.4 is 15.4 Å². The van der Waals surface area contributed by atoms with Gasteiger partial charge in [0.05, 0.1) is 28.7 Å². The predicted molar refractivity (Wildman–Crippen MR) is 109 cm³/mol. The fourth-order valence-corrected chi connectivity index (χ4v) is 4.80. The second-order valence-electron chi connectivity index (χ2n) is 6.07. The Labute approximate surface area is 167 Å².